The van der Waals surface area contributed by atoms with Crippen LogP contribution in [-0.2, 0) is 18.3 Å². The summed E-state index contributed by atoms with van der Waals surface area (Å²) in [4.78, 5) is 19.7. The van der Waals surface area contributed by atoms with Gasteiger partial charge in [-0.1, -0.05) is 42.1 Å². The van der Waals surface area contributed by atoms with Crippen LogP contribution in [0.4, 0.5) is 5.69 Å². The number of aryl methyl sites for hydroxylation is 2. The van der Waals surface area contributed by atoms with Crippen molar-refractivity contribution in [1.82, 2.24) is 9.55 Å². The van der Waals surface area contributed by atoms with Gasteiger partial charge in [-0.3, -0.25) is 4.79 Å². The van der Waals surface area contributed by atoms with E-state index in [0.717, 1.165) is 41.3 Å². The number of aromatic nitrogens is 2. The van der Waals surface area contributed by atoms with Crippen LogP contribution >= 0.6 is 11.8 Å². The summed E-state index contributed by atoms with van der Waals surface area (Å²) in [6, 6.07) is 16.3. The van der Waals surface area contributed by atoms with Gasteiger partial charge in [0, 0.05) is 19.3 Å². The van der Waals surface area contributed by atoms with Gasteiger partial charge < -0.3 is 9.47 Å². The van der Waals surface area contributed by atoms with E-state index in [0.29, 0.717) is 0 Å². The number of anilines is 1. The SMILES string of the molecule is CC(Sc1nc2ccccc2n1C)C(=O)N1CCCc2ccccc21. The average molecular weight is 351 g/mol. The number of fused-ring (bicyclic) bond motifs is 2. The number of thioether (sulfide) groups is 1. The maximum Gasteiger partial charge on any atom is 0.240 e. The Morgan fingerprint density at radius 1 is 1.16 bits per heavy atom. The third-order valence-corrected chi connectivity index (χ3v) is 5.88. The maximum absolute atomic E-state index is 13.1. The maximum atomic E-state index is 13.1. The summed E-state index contributed by atoms with van der Waals surface area (Å²) >= 11 is 1.53. The molecule has 0 saturated carbocycles. The van der Waals surface area contributed by atoms with Crippen molar-refractivity contribution in [3.63, 3.8) is 0 Å². The molecular weight excluding hydrogens is 330 g/mol. The predicted octanol–water partition coefficient (Wildman–Crippen LogP) is 4.03. The van der Waals surface area contributed by atoms with Crippen molar-refractivity contribution in [2.24, 2.45) is 7.05 Å². The second kappa shape index (κ2) is 6.56. The first-order valence-corrected chi connectivity index (χ1v) is 9.50. The number of carbonyl (C=O) groups is 1. The van der Waals surface area contributed by atoms with Crippen LogP contribution in [0.2, 0.25) is 0 Å². The molecule has 128 valence electrons. The van der Waals surface area contributed by atoms with Crippen molar-refractivity contribution >= 4 is 34.4 Å². The lowest BCUT2D eigenvalue weighted by atomic mass is 10.0. The first-order chi connectivity index (χ1) is 12.1. The van der Waals surface area contributed by atoms with Gasteiger partial charge in [0.05, 0.1) is 16.3 Å². The molecule has 0 fully saturated rings. The van der Waals surface area contributed by atoms with E-state index in [4.69, 9.17) is 0 Å². The lowest BCUT2D eigenvalue weighted by Gasteiger charge is -2.31. The highest BCUT2D eigenvalue weighted by atomic mass is 32.2. The van der Waals surface area contributed by atoms with Crippen LogP contribution in [0.15, 0.2) is 53.7 Å². The molecule has 4 nitrogen and oxygen atoms in total. The number of hydrogen-bond donors (Lipinski definition) is 0. The molecule has 1 atom stereocenters. The second-order valence-corrected chi connectivity index (χ2v) is 7.73. The van der Waals surface area contributed by atoms with Crippen molar-refractivity contribution in [2.75, 3.05) is 11.4 Å². The van der Waals surface area contributed by atoms with Gasteiger partial charge in [0.25, 0.3) is 0 Å². The molecule has 2 heterocycles. The number of rotatable bonds is 3. The summed E-state index contributed by atoms with van der Waals surface area (Å²) in [6.45, 7) is 2.77. The number of hydrogen-bond acceptors (Lipinski definition) is 3. The van der Waals surface area contributed by atoms with Crippen LogP contribution < -0.4 is 4.90 Å². The van der Waals surface area contributed by atoms with Gasteiger partial charge in [-0.2, -0.15) is 0 Å². The van der Waals surface area contributed by atoms with Gasteiger partial charge >= 0.3 is 0 Å². The van der Waals surface area contributed by atoms with Crippen molar-refractivity contribution in [3.05, 3.63) is 54.1 Å². The molecule has 3 aromatic rings. The Kier molecular flexibility index (Phi) is 4.25. The average Bonchev–Trinajstić information content (AvgIpc) is 2.96. The van der Waals surface area contributed by atoms with E-state index in [9.17, 15) is 4.79 Å². The summed E-state index contributed by atoms with van der Waals surface area (Å²) in [6.07, 6.45) is 2.07. The van der Waals surface area contributed by atoms with Gasteiger partial charge in [0.15, 0.2) is 5.16 Å². The van der Waals surface area contributed by atoms with Crippen LogP contribution in [0, 0.1) is 0 Å². The third-order valence-electron chi connectivity index (χ3n) is 4.75. The molecule has 1 aliphatic rings. The minimum Gasteiger partial charge on any atom is -0.322 e. The van der Waals surface area contributed by atoms with Crippen LogP contribution in [0.5, 0.6) is 0 Å². The topological polar surface area (TPSA) is 38.1 Å². The molecule has 0 N–H and O–H groups in total. The summed E-state index contributed by atoms with van der Waals surface area (Å²) in [5.41, 5.74) is 4.39. The molecule has 1 amide bonds. The molecule has 1 aromatic heterocycles. The fourth-order valence-corrected chi connectivity index (χ4v) is 4.37. The zero-order chi connectivity index (χ0) is 17.4. The second-order valence-electron chi connectivity index (χ2n) is 6.42. The van der Waals surface area contributed by atoms with E-state index in [1.165, 1.54) is 17.3 Å². The van der Waals surface area contributed by atoms with E-state index < -0.39 is 0 Å². The Morgan fingerprint density at radius 2 is 1.92 bits per heavy atom. The quantitative estimate of drug-likeness (QED) is 0.669. The monoisotopic (exact) mass is 351 g/mol. The fourth-order valence-electron chi connectivity index (χ4n) is 3.42. The molecule has 1 aliphatic heterocycles. The molecule has 0 aliphatic carbocycles. The highest BCUT2D eigenvalue weighted by Crippen LogP contribution is 2.31. The fraction of sp³-hybridized carbons (Fsp3) is 0.300. The molecule has 5 heteroatoms. The summed E-state index contributed by atoms with van der Waals surface area (Å²) in [5, 5.41) is 0.703. The van der Waals surface area contributed by atoms with Crippen LogP contribution in [-0.4, -0.2) is 27.3 Å². The Morgan fingerprint density at radius 3 is 2.76 bits per heavy atom. The first-order valence-electron chi connectivity index (χ1n) is 8.62. The first kappa shape index (κ1) is 16.2. The molecule has 0 radical (unpaired) electrons. The molecule has 0 saturated heterocycles. The number of imidazole rings is 1. The van der Waals surface area contributed by atoms with E-state index in [2.05, 4.69) is 27.8 Å². The smallest absolute Gasteiger partial charge is 0.240 e. The molecule has 0 bridgehead atoms. The Bertz CT molecular complexity index is 934. The minimum absolute atomic E-state index is 0.157. The Hall–Kier alpha value is -2.27. The lowest BCUT2D eigenvalue weighted by Crippen LogP contribution is -2.40. The lowest BCUT2D eigenvalue weighted by molar-refractivity contribution is -0.117. The van der Waals surface area contributed by atoms with Crippen LogP contribution in [0.3, 0.4) is 0 Å². The number of amides is 1. The van der Waals surface area contributed by atoms with Gasteiger partial charge in [0.1, 0.15) is 0 Å². The van der Waals surface area contributed by atoms with E-state index in [-0.39, 0.29) is 11.2 Å². The molecule has 1 unspecified atom stereocenters. The Labute approximate surface area is 151 Å². The molecule has 2 aromatic carbocycles. The molecule has 25 heavy (non-hydrogen) atoms. The van der Waals surface area contributed by atoms with Gasteiger partial charge in [-0.25, -0.2) is 4.98 Å². The van der Waals surface area contributed by atoms with Gasteiger partial charge in [-0.15, -0.1) is 0 Å². The molecule has 0 spiro atoms. The summed E-state index contributed by atoms with van der Waals surface area (Å²) in [7, 11) is 2.01. The number of carbonyl (C=O) groups excluding carboxylic acids is 1. The van der Waals surface area contributed by atoms with E-state index in [1.54, 1.807) is 0 Å². The highest BCUT2D eigenvalue weighted by molar-refractivity contribution is 8.00. The van der Waals surface area contributed by atoms with Gasteiger partial charge in [-0.05, 0) is 43.5 Å². The van der Waals surface area contributed by atoms with Gasteiger partial charge in [0.2, 0.25) is 5.91 Å². The number of nitrogens with zero attached hydrogens (tertiary/aromatic N) is 3. The third kappa shape index (κ3) is 2.93. The van der Waals surface area contributed by atoms with Crippen LogP contribution in [0.25, 0.3) is 11.0 Å². The standard InChI is InChI=1S/C20H21N3OS/c1-14(25-20-21-16-10-4-6-12-18(16)22(20)2)19(24)23-13-7-9-15-8-3-5-11-17(15)23/h3-6,8,10-12,14H,7,9,13H2,1-2H3. The zero-order valence-corrected chi connectivity index (χ0v) is 15.3. The van der Waals surface area contributed by atoms with Crippen molar-refractivity contribution in [2.45, 2.75) is 30.2 Å². The molecule has 4 rings (SSSR count). The largest absolute Gasteiger partial charge is 0.322 e. The summed E-state index contributed by atoms with van der Waals surface area (Å²) in [5.74, 6) is 0.157. The van der Waals surface area contributed by atoms with Crippen molar-refractivity contribution < 1.29 is 4.79 Å². The Balaban J connectivity index is 1.58. The van der Waals surface area contributed by atoms with Crippen molar-refractivity contribution in [3.8, 4) is 0 Å². The number of para-hydroxylation sites is 3. The predicted molar refractivity (Wildman–Crippen MR) is 103 cm³/mol. The summed E-state index contributed by atoms with van der Waals surface area (Å²) < 4.78 is 2.06. The molecular formula is C20H21N3OS. The van der Waals surface area contributed by atoms with E-state index in [1.807, 2.05) is 49.2 Å². The zero-order valence-electron chi connectivity index (χ0n) is 14.5. The number of benzene rings is 2. The minimum atomic E-state index is -0.179. The van der Waals surface area contributed by atoms with Crippen molar-refractivity contribution in [1.29, 1.82) is 0 Å². The normalized spacial score (nSPS) is 15.2. The van der Waals surface area contributed by atoms with Crippen LogP contribution in [0.1, 0.15) is 18.9 Å². The highest BCUT2D eigenvalue weighted by Gasteiger charge is 2.27. The van der Waals surface area contributed by atoms with E-state index >= 15 is 0 Å².